The van der Waals surface area contributed by atoms with Gasteiger partial charge in [0.15, 0.2) is 5.69 Å². The van der Waals surface area contributed by atoms with Crippen LogP contribution in [0, 0.1) is 17.9 Å². The molecule has 0 saturated carbocycles. The van der Waals surface area contributed by atoms with Crippen LogP contribution in [0.25, 0.3) is 38.2 Å². The molecule has 0 N–H and O–H groups in total. The van der Waals surface area contributed by atoms with Crippen LogP contribution in [0.5, 0.6) is 0 Å². The lowest BCUT2D eigenvalue weighted by atomic mass is 9.82. The first-order valence-corrected chi connectivity index (χ1v) is 18.9. The summed E-state index contributed by atoms with van der Waals surface area (Å²) in [5, 5.41) is 9.46. The zero-order valence-electron chi connectivity index (χ0n) is 31.6. The largest absolute Gasteiger partial charge is 0.311 e. The minimum atomic E-state index is -0.0757. The molecule has 1 aliphatic carbocycles. The monoisotopic (exact) mass is 731 g/mol. The lowest BCUT2D eigenvalue weighted by molar-refractivity contribution is 0.660. The molecule has 8 aromatic rings. The minimum absolute atomic E-state index is 0.0757. The topological polar surface area (TPSA) is 47.5 Å². The third-order valence-corrected chi connectivity index (χ3v) is 11.0. The summed E-state index contributed by atoms with van der Waals surface area (Å²) in [7, 11) is 0. The zero-order valence-corrected chi connectivity index (χ0v) is 31.6. The summed E-state index contributed by atoms with van der Waals surface area (Å²) >= 11 is 0. The summed E-state index contributed by atoms with van der Waals surface area (Å²) in [5.41, 5.74) is 16.8. The predicted octanol–water partition coefficient (Wildman–Crippen LogP) is 14.1. The van der Waals surface area contributed by atoms with Gasteiger partial charge in [-0.15, -0.1) is 0 Å². The fourth-order valence-corrected chi connectivity index (χ4v) is 8.05. The lowest BCUT2D eigenvalue weighted by Crippen LogP contribution is -2.15. The van der Waals surface area contributed by atoms with Gasteiger partial charge in [-0.3, -0.25) is 4.98 Å². The average Bonchev–Trinajstić information content (AvgIpc) is 3.50. The Morgan fingerprint density at radius 2 is 0.982 bits per heavy atom. The summed E-state index contributed by atoms with van der Waals surface area (Å²) in [6, 6.07) is 63.0. The van der Waals surface area contributed by atoms with Crippen molar-refractivity contribution in [3.63, 3.8) is 0 Å². The molecule has 1 aromatic heterocycles. The van der Waals surface area contributed by atoms with Gasteiger partial charge in [0.05, 0.1) is 18.2 Å². The van der Waals surface area contributed by atoms with Crippen LogP contribution in [-0.4, -0.2) is 4.98 Å². The Morgan fingerprint density at radius 1 is 0.509 bits per heavy atom. The van der Waals surface area contributed by atoms with Crippen LogP contribution in [0.3, 0.4) is 0 Å². The third-order valence-electron chi connectivity index (χ3n) is 11.0. The molecule has 0 unspecified atom stereocenters. The number of anilines is 6. The number of hydrogen-bond acceptors (Lipinski definition) is 4. The lowest BCUT2D eigenvalue weighted by Gasteiger charge is -2.27. The van der Waals surface area contributed by atoms with Crippen molar-refractivity contribution in [2.45, 2.75) is 19.3 Å². The van der Waals surface area contributed by atoms with Crippen molar-refractivity contribution in [1.29, 1.82) is 5.26 Å². The molecule has 0 spiro atoms. The predicted molar refractivity (Wildman–Crippen MR) is 233 cm³/mol. The number of aromatic nitrogens is 1. The van der Waals surface area contributed by atoms with Crippen molar-refractivity contribution in [3.8, 4) is 39.4 Å². The molecular formula is C52H37N5. The van der Waals surface area contributed by atoms with Gasteiger partial charge in [0.2, 0.25) is 0 Å². The Bertz CT molecular complexity index is 2790. The van der Waals surface area contributed by atoms with E-state index in [0.717, 1.165) is 56.4 Å². The Kier molecular flexibility index (Phi) is 8.90. The fourth-order valence-electron chi connectivity index (χ4n) is 8.05. The molecule has 5 nitrogen and oxygen atoms in total. The molecule has 7 aromatic carbocycles. The summed E-state index contributed by atoms with van der Waals surface area (Å²) in [6.45, 7) is 12.1. The number of hydrogen-bond donors (Lipinski definition) is 0. The maximum absolute atomic E-state index is 9.46. The van der Waals surface area contributed by atoms with Gasteiger partial charge in [0, 0.05) is 51.9 Å². The van der Waals surface area contributed by atoms with Crippen LogP contribution in [-0.2, 0) is 5.41 Å². The Morgan fingerprint density at radius 3 is 1.51 bits per heavy atom. The van der Waals surface area contributed by atoms with Gasteiger partial charge < -0.3 is 9.80 Å². The second kappa shape index (κ2) is 14.5. The zero-order chi connectivity index (χ0) is 38.9. The molecule has 0 saturated heterocycles. The van der Waals surface area contributed by atoms with E-state index in [0.29, 0.717) is 11.3 Å². The molecule has 1 heterocycles. The molecule has 270 valence electrons. The first kappa shape index (κ1) is 35.0. The number of nitrogens with zero attached hydrogens (tertiary/aromatic N) is 5. The number of fused-ring (bicyclic) bond motifs is 3. The van der Waals surface area contributed by atoms with Crippen molar-refractivity contribution in [3.05, 3.63) is 216 Å². The molecule has 9 rings (SSSR count). The Hall–Kier alpha value is -7.73. The molecule has 0 aliphatic heterocycles. The molecule has 57 heavy (non-hydrogen) atoms. The normalized spacial score (nSPS) is 12.1. The number of nitriles is 1. The highest BCUT2D eigenvalue weighted by molar-refractivity contribution is 5.87. The molecule has 1 aliphatic rings. The molecule has 0 bridgehead atoms. The molecule has 0 amide bonds. The first-order valence-electron chi connectivity index (χ1n) is 18.9. The van der Waals surface area contributed by atoms with E-state index in [1.54, 1.807) is 6.20 Å². The van der Waals surface area contributed by atoms with Crippen LogP contribution in [0.15, 0.2) is 188 Å². The van der Waals surface area contributed by atoms with Crippen molar-refractivity contribution in [2.75, 3.05) is 9.80 Å². The van der Waals surface area contributed by atoms with Gasteiger partial charge in [0.1, 0.15) is 0 Å². The quantitative estimate of drug-likeness (QED) is 0.146. The van der Waals surface area contributed by atoms with E-state index in [1.807, 2.05) is 60.8 Å². The highest BCUT2D eigenvalue weighted by Gasteiger charge is 2.35. The number of pyridine rings is 1. The van der Waals surface area contributed by atoms with E-state index >= 15 is 0 Å². The van der Waals surface area contributed by atoms with Crippen LogP contribution in [0.4, 0.5) is 39.8 Å². The second-order valence-corrected chi connectivity index (χ2v) is 14.7. The maximum Gasteiger partial charge on any atom is 0.187 e. The fraction of sp³-hybridized carbons (Fsp3) is 0.0577. The SMILES string of the molecule is [C-]#[N+]c1ccc(N(c2ccc(-c3ccc(N(c4ccc(C#N)cc4)c4ccc(-c5cccnc5)cc4)cc3)cc2)c2ccc3c(c2)-c2ccccc2C3(C)C)cc1. The van der Waals surface area contributed by atoms with Gasteiger partial charge in [-0.05, 0) is 136 Å². The Labute approximate surface area is 333 Å². The van der Waals surface area contributed by atoms with E-state index < -0.39 is 0 Å². The van der Waals surface area contributed by atoms with Crippen molar-refractivity contribution >= 4 is 39.8 Å². The summed E-state index contributed by atoms with van der Waals surface area (Å²) < 4.78 is 0. The van der Waals surface area contributed by atoms with Crippen LogP contribution in [0.2, 0.25) is 0 Å². The molecule has 0 fully saturated rings. The van der Waals surface area contributed by atoms with Gasteiger partial charge in [-0.1, -0.05) is 98.8 Å². The average molecular weight is 732 g/mol. The summed E-state index contributed by atoms with van der Waals surface area (Å²) in [4.78, 5) is 12.4. The molecule has 5 heteroatoms. The van der Waals surface area contributed by atoms with Crippen LogP contribution in [0.1, 0.15) is 30.5 Å². The van der Waals surface area contributed by atoms with Gasteiger partial charge in [0.25, 0.3) is 0 Å². The van der Waals surface area contributed by atoms with E-state index in [-0.39, 0.29) is 5.41 Å². The molecular weight excluding hydrogens is 695 g/mol. The second-order valence-electron chi connectivity index (χ2n) is 14.7. The first-order chi connectivity index (χ1) is 27.9. The van der Waals surface area contributed by atoms with E-state index in [1.165, 1.54) is 22.3 Å². The summed E-state index contributed by atoms with van der Waals surface area (Å²) in [6.07, 6.45) is 3.65. The van der Waals surface area contributed by atoms with E-state index in [4.69, 9.17) is 6.57 Å². The van der Waals surface area contributed by atoms with E-state index in [9.17, 15) is 5.26 Å². The van der Waals surface area contributed by atoms with Crippen molar-refractivity contribution in [1.82, 2.24) is 4.98 Å². The number of benzene rings is 7. The van der Waals surface area contributed by atoms with Crippen molar-refractivity contribution in [2.24, 2.45) is 0 Å². The third kappa shape index (κ3) is 6.48. The standard InChI is InChI=1S/C52H37N5/c1-52(2)50-9-5-4-8-48(50)49-33-47(30-31-51(49)52)57(46-28-18-41(54-3)19-29-46)45-24-14-38(15-25-45)37-12-22-43(23-13-37)56(42-20-10-36(34-53)11-21-42)44-26-16-39(17-27-44)40-7-6-32-55-35-40/h4-33,35H,1-2H3. The number of rotatable bonds is 8. The van der Waals surface area contributed by atoms with Gasteiger partial charge >= 0.3 is 0 Å². The Balaban J connectivity index is 1.05. The summed E-state index contributed by atoms with van der Waals surface area (Å²) in [5.74, 6) is 0. The highest BCUT2D eigenvalue weighted by atomic mass is 15.1. The van der Waals surface area contributed by atoms with E-state index in [2.05, 4.69) is 161 Å². The van der Waals surface area contributed by atoms with Gasteiger partial charge in [-0.25, -0.2) is 4.85 Å². The maximum atomic E-state index is 9.46. The smallest absolute Gasteiger partial charge is 0.187 e. The van der Waals surface area contributed by atoms with Crippen LogP contribution < -0.4 is 9.80 Å². The van der Waals surface area contributed by atoms with Gasteiger partial charge in [-0.2, -0.15) is 5.26 Å². The minimum Gasteiger partial charge on any atom is -0.311 e. The molecule has 0 atom stereocenters. The van der Waals surface area contributed by atoms with Crippen LogP contribution >= 0.6 is 0 Å². The molecule has 0 radical (unpaired) electrons. The van der Waals surface area contributed by atoms with Crippen molar-refractivity contribution < 1.29 is 0 Å². The highest BCUT2D eigenvalue weighted by Crippen LogP contribution is 2.50.